The van der Waals surface area contributed by atoms with Crippen LogP contribution < -0.4 is 5.32 Å². The van der Waals surface area contributed by atoms with Crippen molar-refractivity contribution >= 4 is 11.7 Å². The molecule has 1 N–H and O–H groups in total. The van der Waals surface area contributed by atoms with Gasteiger partial charge in [0.05, 0.1) is 0 Å². The molecule has 7 heteroatoms. The van der Waals surface area contributed by atoms with Gasteiger partial charge in [-0.25, -0.2) is 0 Å². The van der Waals surface area contributed by atoms with Crippen LogP contribution >= 0.6 is 0 Å². The summed E-state index contributed by atoms with van der Waals surface area (Å²) >= 11 is 0. The molecule has 3 aromatic rings. The summed E-state index contributed by atoms with van der Waals surface area (Å²) in [6.45, 7) is 4.68. The van der Waals surface area contributed by atoms with Crippen LogP contribution in [-0.4, -0.2) is 57.1 Å². The Morgan fingerprint density at radius 2 is 1.62 bits per heavy atom. The minimum absolute atomic E-state index is 0.0578. The van der Waals surface area contributed by atoms with Gasteiger partial charge in [0.15, 0.2) is 5.69 Å². The number of anilines is 1. The van der Waals surface area contributed by atoms with Gasteiger partial charge in [-0.2, -0.15) is 0 Å². The second kappa shape index (κ2) is 9.25. The molecule has 2 aromatic heterocycles. The third-order valence-electron chi connectivity index (χ3n) is 5.02. The van der Waals surface area contributed by atoms with Gasteiger partial charge in [-0.05, 0) is 35.4 Å². The Hall–Kier alpha value is -3.32. The van der Waals surface area contributed by atoms with E-state index in [1.165, 1.54) is 5.56 Å². The lowest BCUT2D eigenvalue weighted by molar-refractivity contribution is 0.0621. The molecule has 4 rings (SSSR count). The molecule has 1 aromatic carbocycles. The van der Waals surface area contributed by atoms with Crippen molar-refractivity contribution in [3.05, 3.63) is 83.8 Å². The van der Waals surface area contributed by atoms with E-state index in [0.29, 0.717) is 31.1 Å². The number of hydrogen-bond acceptors (Lipinski definition) is 6. The number of aromatic nitrogens is 3. The van der Waals surface area contributed by atoms with Crippen molar-refractivity contribution < 1.29 is 4.79 Å². The lowest BCUT2D eigenvalue weighted by Crippen LogP contribution is -2.48. The standard InChI is InChI=1S/C22H24N6O/c29-22(28-14-12-27(13-15-28)17-19-4-2-1-3-5-19)20-6-7-21(26-25-20)24-16-18-8-10-23-11-9-18/h1-11H,12-17H2,(H,24,26). The Bertz CT molecular complexity index is 909. The number of benzene rings is 1. The first-order chi connectivity index (χ1) is 14.3. The average Bonchev–Trinajstić information content (AvgIpc) is 2.79. The van der Waals surface area contributed by atoms with Gasteiger partial charge < -0.3 is 10.2 Å². The first kappa shape index (κ1) is 19.0. The average molecular weight is 388 g/mol. The van der Waals surface area contributed by atoms with Crippen LogP contribution in [0.1, 0.15) is 21.6 Å². The number of rotatable bonds is 6. The Labute approximate surface area is 170 Å². The minimum atomic E-state index is -0.0578. The lowest BCUT2D eigenvalue weighted by atomic mass is 10.2. The van der Waals surface area contributed by atoms with Crippen molar-refractivity contribution in [1.82, 2.24) is 25.0 Å². The van der Waals surface area contributed by atoms with Gasteiger partial charge >= 0.3 is 0 Å². The Balaban J connectivity index is 1.27. The normalized spacial score (nSPS) is 14.6. The zero-order valence-electron chi connectivity index (χ0n) is 16.2. The highest BCUT2D eigenvalue weighted by Gasteiger charge is 2.23. The highest BCUT2D eigenvalue weighted by molar-refractivity contribution is 5.92. The highest BCUT2D eigenvalue weighted by atomic mass is 16.2. The Morgan fingerprint density at radius 1 is 0.862 bits per heavy atom. The van der Waals surface area contributed by atoms with Gasteiger partial charge in [-0.3, -0.25) is 14.7 Å². The largest absolute Gasteiger partial charge is 0.365 e. The Morgan fingerprint density at radius 3 is 2.31 bits per heavy atom. The zero-order chi connectivity index (χ0) is 19.9. The molecular weight excluding hydrogens is 364 g/mol. The SMILES string of the molecule is O=C(c1ccc(NCc2ccncc2)nn1)N1CCN(Cc2ccccc2)CC1. The summed E-state index contributed by atoms with van der Waals surface area (Å²) in [5, 5.41) is 11.5. The number of pyridine rings is 1. The number of carbonyl (C=O) groups excluding carboxylic acids is 1. The van der Waals surface area contributed by atoms with Crippen molar-refractivity contribution in [2.24, 2.45) is 0 Å². The lowest BCUT2D eigenvalue weighted by Gasteiger charge is -2.34. The molecule has 1 amide bonds. The number of nitrogens with zero attached hydrogens (tertiary/aromatic N) is 5. The first-order valence-corrected chi connectivity index (χ1v) is 9.80. The number of carbonyl (C=O) groups is 1. The molecule has 1 aliphatic rings. The van der Waals surface area contributed by atoms with E-state index in [0.717, 1.165) is 25.2 Å². The van der Waals surface area contributed by atoms with E-state index in [4.69, 9.17) is 0 Å². The molecule has 0 aliphatic carbocycles. The molecule has 0 atom stereocenters. The fourth-order valence-electron chi connectivity index (χ4n) is 3.35. The maximum atomic E-state index is 12.7. The molecule has 0 unspecified atom stereocenters. The summed E-state index contributed by atoms with van der Waals surface area (Å²) in [6.07, 6.45) is 3.51. The number of hydrogen-bond donors (Lipinski definition) is 1. The van der Waals surface area contributed by atoms with Gasteiger partial charge in [0, 0.05) is 51.7 Å². The predicted octanol–water partition coefficient (Wildman–Crippen LogP) is 2.44. The highest BCUT2D eigenvalue weighted by Crippen LogP contribution is 2.12. The fourth-order valence-corrected chi connectivity index (χ4v) is 3.35. The van der Waals surface area contributed by atoms with E-state index in [9.17, 15) is 4.79 Å². The van der Waals surface area contributed by atoms with Crippen molar-refractivity contribution in [1.29, 1.82) is 0 Å². The van der Waals surface area contributed by atoms with Gasteiger partial charge in [0.1, 0.15) is 5.82 Å². The zero-order valence-corrected chi connectivity index (χ0v) is 16.2. The molecule has 148 valence electrons. The van der Waals surface area contributed by atoms with E-state index in [-0.39, 0.29) is 5.91 Å². The van der Waals surface area contributed by atoms with Crippen LogP contribution in [0.15, 0.2) is 67.0 Å². The molecule has 0 spiro atoms. The van der Waals surface area contributed by atoms with Gasteiger partial charge in [-0.1, -0.05) is 30.3 Å². The monoisotopic (exact) mass is 388 g/mol. The second-order valence-corrected chi connectivity index (χ2v) is 7.07. The van der Waals surface area contributed by atoms with E-state index in [2.05, 4.69) is 49.7 Å². The molecule has 1 saturated heterocycles. The number of nitrogens with one attached hydrogen (secondary N) is 1. The van der Waals surface area contributed by atoms with Crippen LogP contribution in [0.4, 0.5) is 5.82 Å². The van der Waals surface area contributed by atoms with Gasteiger partial charge in [0.25, 0.3) is 5.91 Å². The van der Waals surface area contributed by atoms with Crippen LogP contribution in [0.25, 0.3) is 0 Å². The van der Waals surface area contributed by atoms with Crippen LogP contribution in [0.2, 0.25) is 0 Å². The first-order valence-electron chi connectivity index (χ1n) is 9.80. The van der Waals surface area contributed by atoms with E-state index in [1.54, 1.807) is 24.5 Å². The summed E-state index contributed by atoms with van der Waals surface area (Å²) in [5.41, 5.74) is 2.79. The van der Waals surface area contributed by atoms with E-state index in [1.807, 2.05) is 23.1 Å². The van der Waals surface area contributed by atoms with Gasteiger partial charge in [0.2, 0.25) is 0 Å². The molecule has 1 fully saturated rings. The van der Waals surface area contributed by atoms with Gasteiger partial charge in [-0.15, -0.1) is 10.2 Å². The van der Waals surface area contributed by atoms with Crippen molar-refractivity contribution in [2.75, 3.05) is 31.5 Å². The summed E-state index contributed by atoms with van der Waals surface area (Å²) in [5.74, 6) is 0.587. The third kappa shape index (κ3) is 5.14. The van der Waals surface area contributed by atoms with Crippen molar-refractivity contribution in [3.8, 4) is 0 Å². The second-order valence-electron chi connectivity index (χ2n) is 7.07. The van der Waals surface area contributed by atoms with Crippen molar-refractivity contribution in [3.63, 3.8) is 0 Å². The number of piperazine rings is 1. The molecule has 0 saturated carbocycles. The van der Waals surface area contributed by atoms with E-state index >= 15 is 0 Å². The fraction of sp³-hybridized carbons (Fsp3) is 0.273. The quantitative estimate of drug-likeness (QED) is 0.699. The molecular formula is C22H24N6O. The smallest absolute Gasteiger partial charge is 0.274 e. The topological polar surface area (TPSA) is 74.2 Å². The predicted molar refractivity (Wildman–Crippen MR) is 111 cm³/mol. The van der Waals surface area contributed by atoms with Crippen LogP contribution in [-0.2, 0) is 13.1 Å². The molecule has 0 bridgehead atoms. The number of amides is 1. The molecule has 3 heterocycles. The molecule has 7 nitrogen and oxygen atoms in total. The van der Waals surface area contributed by atoms with E-state index < -0.39 is 0 Å². The van der Waals surface area contributed by atoms with Crippen LogP contribution in [0, 0.1) is 0 Å². The summed E-state index contributed by atoms with van der Waals surface area (Å²) in [6, 6.07) is 17.8. The molecule has 1 aliphatic heterocycles. The third-order valence-corrected chi connectivity index (χ3v) is 5.02. The Kier molecular flexibility index (Phi) is 6.07. The van der Waals surface area contributed by atoms with Crippen LogP contribution in [0.3, 0.4) is 0 Å². The summed E-state index contributed by atoms with van der Waals surface area (Å²) < 4.78 is 0. The maximum absolute atomic E-state index is 12.7. The summed E-state index contributed by atoms with van der Waals surface area (Å²) in [7, 11) is 0. The molecule has 0 radical (unpaired) electrons. The van der Waals surface area contributed by atoms with Crippen molar-refractivity contribution in [2.45, 2.75) is 13.1 Å². The maximum Gasteiger partial charge on any atom is 0.274 e. The molecule has 29 heavy (non-hydrogen) atoms. The summed E-state index contributed by atoms with van der Waals surface area (Å²) in [4.78, 5) is 21.0. The minimum Gasteiger partial charge on any atom is -0.365 e. The van der Waals surface area contributed by atoms with Crippen LogP contribution in [0.5, 0.6) is 0 Å².